The van der Waals surface area contributed by atoms with Crippen LogP contribution >= 0.6 is 46.3 Å². The van der Waals surface area contributed by atoms with E-state index in [2.05, 4.69) is 29.4 Å². The fraction of sp³-hybridized carbons (Fsp3) is 0.438. The Hall–Kier alpha value is -1.07. The number of anilines is 2. The lowest BCUT2D eigenvalue weighted by Crippen LogP contribution is -2.45. The van der Waals surface area contributed by atoms with E-state index in [4.69, 9.17) is 23.2 Å². The third-order valence-electron chi connectivity index (χ3n) is 3.37. The average Bonchev–Trinajstić information content (AvgIpc) is 2.98. The highest BCUT2D eigenvalue weighted by molar-refractivity contribution is 8.01. The van der Waals surface area contributed by atoms with Crippen LogP contribution in [0.4, 0.5) is 10.8 Å². The summed E-state index contributed by atoms with van der Waals surface area (Å²) in [5.41, 5.74) is 0.202. The molecule has 1 atom stereocenters. The van der Waals surface area contributed by atoms with Crippen molar-refractivity contribution in [3.05, 3.63) is 28.2 Å². The molecule has 2 rings (SSSR count). The molecule has 0 fully saturated rings. The van der Waals surface area contributed by atoms with Gasteiger partial charge in [0.15, 0.2) is 4.34 Å². The quantitative estimate of drug-likeness (QED) is 0.442. The number of nitrogens with one attached hydrogen (secondary N) is 1. The van der Waals surface area contributed by atoms with Gasteiger partial charge in [-0.1, -0.05) is 60.1 Å². The molecule has 0 radical (unpaired) electrons. The number of sulfonamides is 1. The van der Waals surface area contributed by atoms with Crippen molar-refractivity contribution in [1.29, 1.82) is 0 Å². The highest BCUT2D eigenvalue weighted by Crippen LogP contribution is 2.30. The van der Waals surface area contributed by atoms with Crippen molar-refractivity contribution in [2.45, 2.75) is 31.2 Å². The normalized spacial score (nSPS) is 12.8. The molecule has 0 unspecified atom stereocenters. The standard InChI is InChI=1S/C16H20Cl2N4O3S3/c1-9(2)8-26-16-21-20-15(27-16)19-14(23)10(3)22(28(4,24)25)13-6-11(17)5-12(18)7-13/h5-7,9-10H,8H2,1-4H3,(H,19,20,23)/t10-/m0/s1. The maximum Gasteiger partial charge on any atom is 0.249 e. The van der Waals surface area contributed by atoms with Gasteiger partial charge >= 0.3 is 0 Å². The van der Waals surface area contributed by atoms with Crippen LogP contribution in [-0.2, 0) is 14.8 Å². The minimum absolute atomic E-state index is 0.202. The van der Waals surface area contributed by atoms with Gasteiger partial charge in [-0.3, -0.25) is 14.4 Å². The summed E-state index contributed by atoms with van der Waals surface area (Å²) in [6.07, 6.45) is 1.01. The molecular weight excluding hydrogens is 463 g/mol. The Labute approximate surface area is 182 Å². The first-order valence-corrected chi connectivity index (χ1v) is 12.6. The number of carbonyl (C=O) groups is 1. The highest BCUT2D eigenvalue weighted by Gasteiger charge is 2.30. The maximum absolute atomic E-state index is 12.7. The number of amides is 1. The lowest BCUT2D eigenvalue weighted by Gasteiger charge is -2.28. The van der Waals surface area contributed by atoms with E-state index in [0.717, 1.165) is 20.7 Å². The summed E-state index contributed by atoms with van der Waals surface area (Å²) in [5.74, 6) is 0.842. The molecule has 0 aliphatic rings. The molecule has 1 heterocycles. The minimum Gasteiger partial charge on any atom is -0.299 e. The molecular formula is C16H20Cl2N4O3S3. The Morgan fingerprint density at radius 2 is 1.82 bits per heavy atom. The molecule has 1 amide bonds. The molecule has 7 nitrogen and oxygen atoms in total. The van der Waals surface area contributed by atoms with Crippen molar-refractivity contribution in [2.75, 3.05) is 21.6 Å². The van der Waals surface area contributed by atoms with Crippen LogP contribution in [0.15, 0.2) is 22.5 Å². The van der Waals surface area contributed by atoms with Crippen molar-refractivity contribution >= 4 is 73.0 Å². The monoisotopic (exact) mass is 482 g/mol. The van der Waals surface area contributed by atoms with Gasteiger partial charge in [0.2, 0.25) is 21.1 Å². The van der Waals surface area contributed by atoms with Gasteiger partial charge in [-0.05, 0) is 31.0 Å². The molecule has 1 N–H and O–H groups in total. The van der Waals surface area contributed by atoms with Crippen molar-refractivity contribution in [3.63, 3.8) is 0 Å². The van der Waals surface area contributed by atoms with Crippen LogP contribution in [0.2, 0.25) is 10.0 Å². The summed E-state index contributed by atoms with van der Waals surface area (Å²) in [7, 11) is -3.78. The molecule has 0 aliphatic heterocycles. The van der Waals surface area contributed by atoms with Gasteiger partial charge in [0.25, 0.3) is 0 Å². The first-order chi connectivity index (χ1) is 13.0. The zero-order valence-electron chi connectivity index (χ0n) is 15.6. The van der Waals surface area contributed by atoms with Crippen LogP contribution in [0.5, 0.6) is 0 Å². The number of rotatable bonds is 8. The van der Waals surface area contributed by atoms with E-state index in [1.165, 1.54) is 36.5 Å². The van der Waals surface area contributed by atoms with Crippen molar-refractivity contribution < 1.29 is 13.2 Å². The van der Waals surface area contributed by atoms with Gasteiger partial charge in [-0.2, -0.15) is 0 Å². The number of benzene rings is 1. The van der Waals surface area contributed by atoms with E-state index >= 15 is 0 Å². The van der Waals surface area contributed by atoms with Crippen LogP contribution < -0.4 is 9.62 Å². The van der Waals surface area contributed by atoms with Crippen LogP contribution in [0.25, 0.3) is 0 Å². The Bertz CT molecular complexity index is 930. The minimum atomic E-state index is -3.78. The number of thioether (sulfide) groups is 1. The number of aromatic nitrogens is 2. The summed E-state index contributed by atoms with van der Waals surface area (Å²) >= 11 is 14.8. The van der Waals surface area contributed by atoms with Crippen LogP contribution in [0.3, 0.4) is 0 Å². The second kappa shape index (κ2) is 9.62. The molecule has 0 saturated heterocycles. The average molecular weight is 483 g/mol. The molecule has 12 heteroatoms. The van der Waals surface area contributed by atoms with Crippen molar-refractivity contribution in [2.24, 2.45) is 5.92 Å². The number of halogens is 2. The molecule has 0 saturated carbocycles. The zero-order valence-corrected chi connectivity index (χ0v) is 19.6. The number of nitrogens with zero attached hydrogens (tertiary/aromatic N) is 3. The smallest absolute Gasteiger partial charge is 0.249 e. The van der Waals surface area contributed by atoms with Crippen molar-refractivity contribution in [1.82, 2.24) is 10.2 Å². The summed E-state index contributed by atoms with van der Waals surface area (Å²) in [5, 5.41) is 11.4. The molecule has 1 aromatic heterocycles. The largest absolute Gasteiger partial charge is 0.299 e. The topological polar surface area (TPSA) is 92.3 Å². The van der Waals surface area contributed by atoms with Crippen LogP contribution in [-0.4, -0.2) is 42.6 Å². The molecule has 1 aromatic carbocycles. The first-order valence-electron chi connectivity index (χ1n) is 8.20. The van der Waals surface area contributed by atoms with Crippen molar-refractivity contribution in [3.8, 4) is 0 Å². The number of carbonyl (C=O) groups excluding carboxylic acids is 1. The van der Waals surface area contributed by atoms with Gasteiger partial charge in [0.1, 0.15) is 6.04 Å². The highest BCUT2D eigenvalue weighted by atomic mass is 35.5. The molecule has 2 aromatic rings. The Morgan fingerprint density at radius 1 is 1.21 bits per heavy atom. The number of hydrogen-bond donors (Lipinski definition) is 1. The predicted molar refractivity (Wildman–Crippen MR) is 117 cm³/mol. The lowest BCUT2D eigenvalue weighted by molar-refractivity contribution is -0.116. The van der Waals surface area contributed by atoms with Gasteiger partial charge in [0.05, 0.1) is 11.9 Å². The maximum atomic E-state index is 12.7. The van der Waals surface area contributed by atoms with E-state index in [1.54, 1.807) is 11.8 Å². The molecule has 0 bridgehead atoms. The van der Waals surface area contributed by atoms with E-state index < -0.39 is 22.0 Å². The van der Waals surface area contributed by atoms with Crippen LogP contribution in [0.1, 0.15) is 20.8 Å². The molecule has 28 heavy (non-hydrogen) atoms. The van der Waals surface area contributed by atoms with Gasteiger partial charge < -0.3 is 0 Å². The Kier molecular flexibility index (Phi) is 7.97. The third kappa shape index (κ3) is 6.48. The van der Waals surface area contributed by atoms with Gasteiger partial charge in [0, 0.05) is 15.8 Å². The van der Waals surface area contributed by atoms with Gasteiger partial charge in [-0.15, -0.1) is 10.2 Å². The summed E-state index contributed by atoms with van der Waals surface area (Å²) in [4.78, 5) is 12.7. The zero-order chi connectivity index (χ0) is 21.1. The summed E-state index contributed by atoms with van der Waals surface area (Å²) in [6, 6.07) is 3.29. The summed E-state index contributed by atoms with van der Waals surface area (Å²) in [6.45, 7) is 5.67. The number of hydrogen-bond acceptors (Lipinski definition) is 7. The Balaban J connectivity index is 2.20. The SMILES string of the molecule is CC(C)CSc1nnc(NC(=O)[C@H](C)N(c2cc(Cl)cc(Cl)c2)S(C)(=O)=O)s1. The first kappa shape index (κ1) is 23.2. The lowest BCUT2D eigenvalue weighted by atomic mass is 10.2. The second-order valence-electron chi connectivity index (χ2n) is 6.43. The van der Waals surface area contributed by atoms with E-state index in [1.807, 2.05) is 0 Å². The molecule has 0 spiro atoms. The molecule has 0 aliphatic carbocycles. The van der Waals surface area contributed by atoms with E-state index in [9.17, 15) is 13.2 Å². The fourth-order valence-corrected chi connectivity index (χ4v) is 5.65. The summed E-state index contributed by atoms with van der Waals surface area (Å²) < 4.78 is 26.4. The van der Waals surface area contributed by atoms with Crippen LogP contribution in [0, 0.1) is 5.92 Å². The van der Waals surface area contributed by atoms with E-state index in [-0.39, 0.29) is 15.7 Å². The predicted octanol–water partition coefficient (Wildman–Crippen LogP) is 4.39. The second-order valence-corrected chi connectivity index (χ2v) is 11.4. The van der Waals surface area contributed by atoms with E-state index in [0.29, 0.717) is 11.0 Å². The van der Waals surface area contributed by atoms with Gasteiger partial charge in [-0.25, -0.2) is 8.42 Å². The molecule has 154 valence electrons. The fourth-order valence-electron chi connectivity index (χ4n) is 2.24. The Morgan fingerprint density at radius 3 is 2.36 bits per heavy atom. The third-order valence-corrected chi connectivity index (χ3v) is 7.44.